The number of aliphatic hydroxyl groups is 1. The Bertz CT molecular complexity index is 1260. The molecule has 0 aliphatic carbocycles. The van der Waals surface area contributed by atoms with E-state index in [-0.39, 0.29) is 30.4 Å². The number of amides is 2. The number of aromatic nitrogens is 1. The maximum absolute atomic E-state index is 13.5. The van der Waals surface area contributed by atoms with Crippen molar-refractivity contribution >= 4 is 28.8 Å². The minimum absolute atomic E-state index is 0.00974. The first-order valence-electron chi connectivity index (χ1n) is 12.0. The number of fused-ring (bicyclic) bond motifs is 1. The lowest BCUT2D eigenvalue weighted by molar-refractivity contribution is -0.131. The van der Waals surface area contributed by atoms with E-state index in [1.165, 1.54) is 0 Å². The standard InChI is InChI=1S/C27H30N4O3S/c1-17-28-14-25(35-17)21-5-3-4-20(12-21)24(16-31-9-8-22(32)15-31)30(2)27(34)11-18-6-7-19-13-26(33)29-23(19)10-18/h3-7,10,12,14,22,24,32H,8-9,11,13,15-16H2,1-2H3,(H,29,33)/t22?,24-/m1/s1. The first-order valence-corrected chi connectivity index (χ1v) is 12.8. The number of hydrogen-bond acceptors (Lipinski definition) is 6. The quantitative estimate of drug-likeness (QED) is 0.530. The molecule has 2 aromatic carbocycles. The molecule has 182 valence electrons. The lowest BCUT2D eigenvalue weighted by Gasteiger charge is -2.32. The maximum Gasteiger partial charge on any atom is 0.228 e. The lowest BCUT2D eigenvalue weighted by atomic mass is 10.0. The van der Waals surface area contributed by atoms with Crippen molar-refractivity contribution in [1.82, 2.24) is 14.8 Å². The number of rotatable bonds is 7. The summed E-state index contributed by atoms with van der Waals surface area (Å²) >= 11 is 1.66. The Morgan fingerprint density at radius 1 is 1.31 bits per heavy atom. The average Bonchev–Trinajstić information content (AvgIpc) is 3.56. The Kier molecular flexibility index (Phi) is 6.69. The summed E-state index contributed by atoms with van der Waals surface area (Å²) in [7, 11) is 1.86. The van der Waals surface area contributed by atoms with Gasteiger partial charge in [0.05, 0.1) is 34.9 Å². The van der Waals surface area contributed by atoms with Crippen molar-refractivity contribution < 1.29 is 14.7 Å². The van der Waals surface area contributed by atoms with Crippen LogP contribution in [0.25, 0.3) is 10.4 Å². The molecular weight excluding hydrogens is 460 g/mol. The van der Waals surface area contributed by atoms with E-state index >= 15 is 0 Å². The molecule has 3 aromatic rings. The van der Waals surface area contributed by atoms with Gasteiger partial charge in [-0.3, -0.25) is 14.5 Å². The third kappa shape index (κ3) is 5.29. The molecule has 0 spiro atoms. The third-order valence-electron chi connectivity index (χ3n) is 6.87. The Hall–Kier alpha value is -3.07. The van der Waals surface area contributed by atoms with Crippen LogP contribution in [0.4, 0.5) is 5.69 Å². The molecule has 2 N–H and O–H groups in total. The summed E-state index contributed by atoms with van der Waals surface area (Å²) in [5.41, 5.74) is 4.81. The van der Waals surface area contributed by atoms with Crippen LogP contribution in [0.2, 0.25) is 0 Å². The molecule has 8 heteroatoms. The normalized spacial score (nSPS) is 18.4. The fourth-order valence-electron chi connectivity index (χ4n) is 4.91. The van der Waals surface area contributed by atoms with Crippen LogP contribution < -0.4 is 5.32 Å². The SMILES string of the molecule is Cc1ncc(-c2cccc([C@@H](CN3CCC(O)C3)N(C)C(=O)Cc3ccc4c(c3)NC(=O)C4)c2)s1. The summed E-state index contributed by atoms with van der Waals surface area (Å²) in [6, 6.07) is 14.0. The zero-order valence-corrected chi connectivity index (χ0v) is 20.8. The number of likely N-dealkylation sites (tertiary alicyclic amines) is 1. The van der Waals surface area contributed by atoms with Gasteiger partial charge in [0.15, 0.2) is 0 Å². The molecule has 1 unspecified atom stereocenters. The number of aliphatic hydroxyl groups excluding tert-OH is 1. The number of aryl methyl sites for hydroxylation is 1. The number of carbonyl (C=O) groups is 2. The zero-order valence-electron chi connectivity index (χ0n) is 20.0. The monoisotopic (exact) mass is 490 g/mol. The number of nitrogens with one attached hydrogen (secondary N) is 1. The molecule has 1 saturated heterocycles. The smallest absolute Gasteiger partial charge is 0.228 e. The van der Waals surface area contributed by atoms with Gasteiger partial charge in [-0.1, -0.05) is 30.3 Å². The van der Waals surface area contributed by atoms with Gasteiger partial charge in [-0.15, -0.1) is 11.3 Å². The number of benzene rings is 2. The summed E-state index contributed by atoms with van der Waals surface area (Å²) in [5.74, 6) is 0.00234. The molecule has 0 saturated carbocycles. The van der Waals surface area contributed by atoms with Gasteiger partial charge >= 0.3 is 0 Å². The molecule has 7 nitrogen and oxygen atoms in total. The molecule has 5 rings (SSSR count). The fourth-order valence-corrected chi connectivity index (χ4v) is 5.69. The van der Waals surface area contributed by atoms with Crippen LogP contribution in [0, 0.1) is 6.92 Å². The highest BCUT2D eigenvalue weighted by Gasteiger charge is 2.29. The van der Waals surface area contributed by atoms with E-state index in [2.05, 4.69) is 33.4 Å². The van der Waals surface area contributed by atoms with Crippen LogP contribution in [0.1, 0.15) is 34.2 Å². The van der Waals surface area contributed by atoms with E-state index in [4.69, 9.17) is 0 Å². The molecule has 35 heavy (non-hydrogen) atoms. The Morgan fingerprint density at radius 3 is 2.91 bits per heavy atom. The first kappa shape index (κ1) is 23.7. The second-order valence-corrected chi connectivity index (χ2v) is 10.7. The molecule has 2 aliphatic heterocycles. The van der Waals surface area contributed by atoms with Gasteiger partial charge in [-0.25, -0.2) is 4.98 Å². The van der Waals surface area contributed by atoms with Gasteiger partial charge < -0.3 is 15.3 Å². The lowest BCUT2D eigenvalue weighted by Crippen LogP contribution is -2.39. The molecule has 0 radical (unpaired) electrons. The van der Waals surface area contributed by atoms with Gasteiger partial charge in [0.1, 0.15) is 0 Å². The molecule has 3 heterocycles. The zero-order chi connectivity index (χ0) is 24.5. The Balaban J connectivity index is 1.39. The van der Waals surface area contributed by atoms with Gasteiger partial charge in [0.25, 0.3) is 0 Å². The topological polar surface area (TPSA) is 85.8 Å². The first-order chi connectivity index (χ1) is 16.9. The van der Waals surface area contributed by atoms with E-state index in [1.807, 2.05) is 49.3 Å². The number of carbonyl (C=O) groups excluding carboxylic acids is 2. The molecule has 2 amide bonds. The summed E-state index contributed by atoms with van der Waals surface area (Å²) in [6.07, 6.45) is 2.98. The van der Waals surface area contributed by atoms with Crippen LogP contribution in [-0.4, -0.2) is 64.5 Å². The molecule has 2 atom stereocenters. The van der Waals surface area contributed by atoms with Crippen molar-refractivity contribution in [2.24, 2.45) is 0 Å². The summed E-state index contributed by atoms with van der Waals surface area (Å²) < 4.78 is 0. The summed E-state index contributed by atoms with van der Waals surface area (Å²) in [5, 5.41) is 13.9. The minimum atomic E-state index is -0.315. The van der Waals surface area contributed by atoms with Crippen LogP contribution in [0.5, 0.6) is 0 Å². The highest BCUT2D eigenvalue weighted by molar-refractivity contribution is 7.15. The number of hydrogen-bond donors (Lipinski definition) is 2. The Morgan fingerprint density at radius 2 is 2.17 bits per heavy atom. The summed E-state index contributed by atoms with van der Waals surface area (Å²) in [4.78, 5) is 34.7. The van der Waals surface area contributed by atoms with E-state index in [1.54, 1.807) is 11.3 Å². The number of likely N-dealkylation sites (N-methyl/N-ethyl adjacent to an activating group) is 1. The predicted molar refractivity (Wildman–Crippen MR) is 137 cm³/mol. The van der Waals surface area contributed by atoms with E-state index in [0.717, 1.165) is 50.8 Å². The van der Waals surface area contributed by atoms with Crippen molar-refractivity contribution in [3.05, 3.63) is 70.4 Å². The molecule has 1 aromatic heterocycles. The fraction of sp³-hybridized carbons (Fsp3) is 0.370. The van der Waals surface area contributed by atoms with Crippen LogP contribution in [0.3, 0.4) is 0 Å². The van der Waals surface area contributed by atoms with E-state index in [0.29, 0.717) is 19.5 Å². The van der Waals surface area contributed by atoms with Gasteiger partial charge in [-0.2, -0.15) is 0 Å². The molecule has 2 aliphatic rings. The number of thiazole rings is 1. The minimum Gasteiger partial charge on any atom is -0.392 e. The largest absolute Gasteiger partial charge is 0.392 e. The molecular formula is C27H30N4O3S. The highest BCUT2D eigenvalue weighted by atomic mass is 32.1. The van der Waals surface area contributed by atoms with E-state index in [9.17, 15) is 14.7 Å². The predicted octanol–water partition coefficient (Wildman–Crippen LogP) is 3.42. The number of β-amino-alcohol motifs (C(OH)–C–C–N with tert-alkyl or cyclic N) is 1. The third-order valence-corrected chi connectivity index (χ3v) is 7.83. The molecule has 0 bridgehead atoms. The number of anilines is 1. The van der Waals surface area contributed by atoms with Crippen molar-refractivity contribution in [1.29, 1.82) is 0 Å². The van der Waals surface area contributed by atoms with Crippen LogP contribution >= 0.6 is 11.3 Å². The van der Waals surface area contributed by atoms with E-state index < -0.39 is 0 Å². The second kappa shape index (κ2) is 9.89. The summed E-state index contributed by atoms with van der Waals surface area (Å²) in [6.45, 7) is 4.09. The highest BCUT2D eigenvalue weighted by Crippen LogP contribution is 2.31. The van der Waals surface area contributed by atoms with Crippen molar-refractivity contribution in [2.45, 2.75) is 38.3 Å². The van der Waals surface area contributed by atoms with Crippen molar-refractivity contribution in [3.63, 3.8) is 0 Å². The molecule has 1 fully saturated rings. The van der Waals surface area contributed by atoms with Gasteiger partial charge in [-0.05, 0) is 47.7 Å². The maximum atomic E-state index is 13.5. The average molecular weight is 491 g/mol. The van der Waals surface area contributed by atoms with Crippen molar-refractivity contribution in [2.75, 3.05) is 32.0 Å². The Labute approximate surface area is 209 Å². The van der Waals surface area contributed by atoms with Crippen LogP contribution in [0.15, 0.2) is 48.7 Å². The number of nitrogens with zero attached hydrogens (tertiary/aromatic N) is 3. The second-order valence-electron chi connectivity index (χ2n) is 9.48. The van der Waals surface area contributed by atoms with Crippen LogP contribution in [-0.2, 0) is 22.4 Å². The van der Waals surface area contributed by atoms with Gasteiger partial charge in [0.2, 0.25) is 11.8 Å². The van der Waals surface area contributed by atoms with Crippen molar-refractivity contribution in [3.8, 4) is 10.4 Å². The van der Waals surface area contributed by atoms with Gasteiger partial charge in [0, 0.05) is 38.6 Å².